The van der Waals surface area contributed by atoms with Crippen LogP contribution < -0.4 is 10.6 Å². The van der Waals surface area contributed by atoms with Crippen LogP contribution in [0.15, 0.2) is 53.9 Å². The number of nitrogens with one attached hydrogen (secondary N) is 2. The third-order valence-electron chi connectivity index (χ3n) is 3.35. The molecular weight excluding hydrogens is 376 g/mol. The Bertz CT molecular complexity index is 1010. The molecule has 2 aromatic carbocycles. The highest BCUT2D eigenvalue weighted by atomic mass is 35.5. The standard InChI is InChI=1S/C17H11ClN4OS2/c18-10-5-7-11(8-6-10)19-16-21-13(9-24-16)15(23)22-17-20-12-3-1-2-4-14(12)25-17/h1-9H,(H,19,21)(H,20,22,23). The van der Waals surface area contributed by atoms with Crippen molar-refractivity contribution in [3.8, 4) is 0 Å². The number of hydrogen-bond acceptors (Lipinski definition) is 6. The van der Waals surface area contributed by atoms with Crippen molar-refractivity contribution >= 4 is 66.3 Å². The molecule has 0 radical (unpaired) electrons. The first kappa shape index (κ1) is 16.0. The molecule has 0 saturated carbocycles. The Morgan fingerprint density at radius 1 is 1.00 bits per heavy atom. The van der Waals surface area contributed by atoms with Crippen molar-refractivity contribution in [1.82, 2.24) is 9.97 Å². The van der Waals surface area contributed by atoms with Gasteiger partial charge in [-0.25, -0.2) is 9.97 Å². The van der Waals surface area contributed by atoms with Crippen molar-refractivity contribution < 1.29 is 4.79 Å². The van der Waals surface area contributed by atoms with Crippen molar-refractivity contribution in [2.75, 3.05) is 10.6 Å². The smallest absolute Gasteiger partial charge is 0.276 e. The Balaban J connectivity index is 1.47. The van der Waals surface area contributed by atoms with E-state index >= 15 is 0 Å². The van der Waals surface area contributed by atoms with E-state index in [1.54, 1.807) is 17.5 Å². The van der Waals surface area contributed by atoms with Crippen molar-refractivity contribution in [2.24, 2.45) is 0 Å². The fraction of sp³-hybridized carbons (Fsp3) is 0. The van der Waals surface area contributed by atoms with Gasteiger partial charge in [0.25, 0.3) is 5.91 Å². The van der Waals surface area contributed by atoms with Crippen LogP contribution >= 0.6 is 34.3 Å². The lowest BCUT2D eigenvalue weighted by Gasteiger charge is -2.01. The van der Waals surface area contributed by atoms with E-state index in [2.05, 4.69) is 20.6 Å². The molecule has 2 N–H and O–H groups in total. The predicted octanol–water partition coefficient (Wildman–Crippen LogP) is 5.40. The molecule has 0 aliphatic carbocycles. The molecule has 25 heavy (non-hydrogen) atoms. The fourth-order valence-electron chi connectivity index (χ4n) is 2.18. The summed E-state index contributed by atoms with van der Waals surface area (Å²) in [5.41, 5.74) is 2.07. The largest absolute Gasteiger partial charge is 0.332 e. The minimum Gasteiger partial charge on any atom is -0.332 e. The highest BCUT2D eigenvalue weighted by molar-refractivity contribution is 7.22. The van der Waals surface area contributed by atoms with Crippen molar-refractivity contribution in [2.45, 2.75) is 0 Å². The Morgan fingerprint density at radius 3 is 2.60 bits per heavy atom. The van der Waals surface area contributed by atoms with Crippen LogP contribution in [0.2, 0.25) is 5.02 Å². The lowest BCUT2D eigenvalue weighted by Crippen LogP contribution is -2.12. The van der Waals surface area contributed by atoms with E-state index in [4.69, 9.17) is 11.6 Å². The average Bonchev–Trinajstić information content (AvgIpc) is 3.23. The lowest BCUT2D eigenvalue weighted by atomic mass is 10.3. The number of nitrogens with zero attached hydrogens (tertiary/aromatic N) is 2. The van der Waals surface area contributed by atoms with Crippen LogP contribution in [-0.2, 0) is 0 Å². The minimum absolute atomic E-state index is 0.278. The average molecular weight is 387 g/mol. The first-order chi connectivity index (χ1) is 12.2. The van der Waals surface area contributed by atoms with Gasteiger partial charge in [0.1, 0.15) is 5.69 Å². The number of fused-ring (bicyclic) bond motifs is 1. The number of carbonyl (C=O) groups is 1. The van der Waals surface area contributed by atoms with Crippen molar-refractivity contribution in [3.05, 3.63) is 64.6 Å². The maximum Gasteiger partial charge on any atom is 0.276 e. The van der Waals surface area contributed by atoms with Gasteiger partial charge in [-0.1, -0.05) is 35.1 Å². The number of benzene rings is 2. The molecule has 0 atom stereocenters. The van der Waals surface area contributed by atoms with Gasteiger partial charge < -0.3 is 5.32 Å². The molecular formula is C17H11ClN4OS2. The summed E-state index contributed by atoms with van der Waals surface area (Å²) in [5.74, 6) is -0.278. The van der Waals surface area contributed by atoms with Gasteiger partial charge in [-0.3, -0.25) is 10.1 Å². The SMILES string of the molecule is O=C(Nc1nc2ccccc2s1)c1csc(Nc2ccc(Cl)cc2)n1. The molecule has 0 aliphatic rings. The zero-order valence-electron chi connectivity index (χ0n) is 12.7. The van der Waals surface area contributed by atoms with Gasteiger partial charge in [0.2, 0.25) is 0 Å². The molecule has 4 rings (SSSR count). The second-order valence-electron chi connectivity index (χ2n) is 5.11. The predicted molar refractivity (Wildman–Crippen MR) is 104 cm³/mol. The molecule has 0 fully saturated rings. The maximum absolute atomic E-state index is 12.4. The van der Waals surface area contributed by atoms with E-state index < -0.39 is 0 Å². The third-order valence-corrected chi connectivity index (χ3v) is 5.31. The summed E-state index contributed by atoms with van der Waals surface area (Å²) < 4.78 is 1.03. The molecule has 2 heterocycles. The van der Waals surface area contributed by atoms with E-state index in [9.17, 15) is 4.79 Å². The van der Waals surface area contributed by atoms with Crippen LogP contribution in [-0.4, -0.2) is 15.9 Å². The number of anilines is 3. The highest BCUT2D eigenvalue weighted by Crippen LogP contribution is 2.27. The van der Waals surface area contributed by atoms with Gasteiger partial charge in [-0.05, 0) is 36.4 Å². The third kappa shape index (κ3) is 3.63. The lowest BCUT2D eigenvalue weighted by molar-refractivity contribution is 0.102. The summed E-state index contributed by atoms with van der Waals surface area (Å²) in [6, 6.07) is 15.0. The first-order valence-electron chi connectivity index (χ1n) is 7.32. The quantitative estimate of drug-likeness (QED) is 0.492. The topological polar surface area (TPSA) is 66.9 Å². The van der Waals surface area contributed by atoms with Crippen LogP contribution in [0.3, 0.4) is 0 Å². The van der Waals surface area contributed by atoms with E-state index in [1.807, 2.05) is 36.4 Å². The van der Waals surface area contributed by atoms with Crippen molar-refractivity contribution in [3.63, 3.8) is 0 Å². The molecule has 1 amide bonds. The number of rotatable bonds is 4. The van der Waals surface area contributed by atoms with E-state index in [0.29, 0.717) is 21.0 Å². The molecule has 2 aromatic heterocycles. The normalized spacial score (nSPS) is 10.8. The number of para-hydroxylation sites is 1. The van der Waals surface area contributed by atoms with Gasteiger partial charge in [-0.2, -0.15) is 0 Å². The van der Waals surface area contributed by atoms with Crippen molar-refractivity contribution in [1.29, 1.82) is 0 Å². The van der Waals surface area contributed by atoms with Gasteiger partial charge in [-0.15, -0.1) is 11.3 Å². The summed E-state index contributed by atoms with van der Waals surface area (Å²) >= 11 is 8.66. The van der Waals surface area contributed by atoms with Gasteiger partial charge in [0.05, 0.1) is 10.2 Å². The monoisotopic (exact) mass is 386 g/mol. The van der Waals surface area contributed by atoms with Crippen LogP contribution in [0.4, 0.5) is 16.0 Å². The molecule has 5 nitrogen and oxygen atoms in total. The zero-order chi connectivity index (χ0) is 17.2. The number of hydrogen-bond donors (Lipinski definition) is 2. The summed E-state index contributed by atoms with van der Waals surface area (Å²) in [7, 11) is 0. The Morgan fingerprint density at radius 2 is 1.80 bits per heavy atom. The molecule has 8 heteroatoms. The Labute approximate surface area is 156 Å². The van der Waals surface area contributed by atoms with E-state index in [1.165, 1.54) is 22.7 Å². The van der Waals surface area contributed by atoms with Gasteiger partial charge in [0.15, 0.2) is 10.3 Å². The molecule has 124 valence electrons. The summed E-state index contributed by atoms with van der Waals surface area (Å²) in [5, 5.41) is 9.52. The van der Waals surface area contributed by atoms with Crippen LogP contribution in [0, 0.1) is 0 Å². The molecule has 0 bridgehead atoms. The molecule has 0 spiro atoms. The fourth-order valence-corrected chi connectivity index (χ4v) is 3.88. The number of amides is 1. The first-order valence-corrected chi connectivity index (χ1v) is 9.40. The van der Waals surface area contributed by atoms with E-state index in [0.717, 1.165) is 15.9 Å². The number of halogens is 1. The minimum atomic E-state index is -0.278. The van der Waals surface area contributed by atoms with Crippen LogP contribution in [0.1, 0.15) is 10.5 Å². The zero-order valence-corrected chi connectivity index (χ0v) is 15.1. The Kier molecular flexibility index (Phi) is 4.35. The summed E-state index contributed by atoms with van der Waals surface area (Å²) in [6.07, 6.45) is 0. The molecule has 0 saturated heterocycles. The Hall–Kier alpha value is -2.48. The second kappa shape index (κ2) is 6.79. The maximum atomic E-state index is 12.4. The highest BCUT2D eigenvalue weighted by Gasteiger charge is 2.13. The molecule has 0 unspecified atom stereocenters. The molecule has 4 aromatic rings. The second-order valence-corrected chi connectivity index (χ2v) is 7.44. The molecule has 0 aliphatic heterocycles. The van der Waals surface area contributed by atoms with Gasteiger partial charge in [0, 0.05) is 16.1 Å². The van der Waals surface area contributed by atoms with E-state index in [-0.39, 0.29) is 5.91 Å². The number of thiazole rings is 2. The van der Waals surface area contributed by atoms with Crippen LogP contribution in [0.25, 0.3) is 10.2 Å². The van der Waals surface area contributed by atoms with Crippen LogP contribution in [0.5, 0.6) is 0 Å². The summed E-state index contributed by atoms with van der Waals surface area (Å²) in [6.45, 7) is 0. The van der Waals surface area contributed by atoms with Gasteiger partial charge >= 0.3 is 0 Å². The number of carbonyl (C=O) groups excluding carboxylic acids is 1. The number of aromatic nitrogens is 2. The summed E-state index contributed by atoms with van der Waals surface area (Å²) in [4.78, 5) is 21.1.